The molecule has 5 heteroatoms. The molecule has 0 nitrogen and oxygen atoms in total. The van der Waals surface area contributed by atoms with Crippen LogP contribution in [0.4, 0.5) is 7.77 Å². The van der Waals surface area contributed by atoms with Gasteiger partial charge >= 0.3 is 0 Å². The largest absolute Gasteiger partial charge is 0.255 e. The molecule has 0 aromatic heterocycles. The quantitative estimate of drug-likeness (QED) is 0.449. The fourth-order valence-electron chi connectivity index (χ4n) is 0. The molecule has 0 aliphatic rings. The zero-order valence-electron chi connectivity index (χ0n) is 2.50. The van der Waals surface area contributed by atoms with E-state index in [2.05, 4.69) is 0 Å². The van der Waals surface area contributed by atoms with Crippen LogP contribution in [0.2, 0.25) is 0 Å². The van der Waals surface area contributed by atoms with Gasteiger partial charge in [0.2, 0.25) is 0 Å². The SMILES string of the molecule is FSF.[Co].[Li]. The van der Waals surface area contributed by atoms with Crippen molar-refractivity contribution in [2.45, 2.75) is 0 Å². The molecule has 0 amide bonds. The van der Waals surface area contributed by atoms with Crippen LogP contribution >= 0.6 is 12.5 Å². The summed E-state index contributed by atoms with van der Waals surface area (Å²) in [5.41, 5.74) is 0. The molecular formula is CoF2LiS. The summed E-state index contributed by atoms with van der Waals surface area (Å²) in [5.74, 6) is 0. The zero-order chi connectivity index (χ0) is 2.71. The predicted octanol–water partition coefficient (Wildman–Crippen LogP) is 1.11. The van der Waals surface area contributed by atoms with Gasteiger partial charge in [-0.05, 0) is 0 Å². The van der Waals surface area contributed by atoms with Gasteiger partial charge in [-0.3, -0.25) is 0 Å². The van der Waals surface area contributed by atoms with Crippen molar-refractivity contribution in [3.05, 3.63) is 0 Å². The first kappa shape index (κ1) is 16.2. The van der Waals surface area contributed by atoms with Crippen LogP contribution in [0.5, 0.6) is 0 Å². The van der Waals surface area contributed by atoms with Gasteiger partial charge in [-0.15, -0.1) is 7.77 Å². The Balaban J connectivity index is -0.0000000200. The van der Waals surface area contributed by atoms with Crippen LogP contribution in [-0.4, -0.2) is 18.9 Å². The van der Waals surface area contributed by atoms with E-state index in [1.54, 1.807) is 0 Å². The molecule has 0 unspecified atom stereocenters. The van der Waals surface area contributed by atoms with Gasteiger partial charge in [0, 0.05) is 35.6 Å². The standard InChI is InChI=1S/Co.F2S.Li/c;1-3-2;. The number of hydrogen-bond donors (Lipinski definition) is 0. The second-order valence-electron chi connectivity index (χ2n) is 0.0583. The van der Waals surface area contributed by atoms with Gasteiger partial charge < -0.3 is 0 Å². The second-order valence-corrected chi connectivity index (χ2v) is 0.175. The van der Waals surface area contributed by atoms with E-state index in [0.29, 0.717) is 0 Å². The average Bonchev–Trinajstić information content (AvgIpc) is 0.918. The summed E-state index contributed by atoms with van der Waals surface area (Å²) in [7, 11) is 0. The first-order chi connectivity index (χ1) is 1.41. The summed E-state index contributed by atoms with van der Waals surface area (Å²) in [6.07, 6.45) is 0. The smallest absolute Gasteiger partial charge is 0.127 e. The normalized spacial score (nSPS) is 3.60. The van der Waals surface area contributed by atoms with Gasteiger partial charge in [-0.1, -0.05) is 0 Å². The zero-order valence-corrected chi connectivity index (χ0v) is 4.36. The molecule has 0 spiro atoms. The maximum atomic E-state index is 9.54. The fourth-order valence-corrected chi connectivity index (χ4v) is 0. The Labute approximate surface area is 56.0 Å². The van der Waals surface area contributed by atoms with Crippen LogP contribution in [-0.2, 0) is 16.8 Å². The summed E-state index contributed by atoms with van der Waals surface area (Å²) in [4.78, 5) is 0. The minimum Gasteiger partial charge on any atom is -0.127 e. The topological polar surface area (TPSA) is 0 Å². The fraction of sp³-hybridized carbons (Fsp3) is 0. The van der Waals surface area contributed by atoms with Crippen LogP contribution in [0.25, 0.3) is 0 Å². The molecule has 0 atom stereocenters. The van der Waals surface area contributed by atoms with Gasteiger partial charge in [0.25, 0.3) is 12.5 Å². The summed E-state index contributed by atoms with van der Waals surface area (Å²) < 4.78 is 19.1. The van der Waals surface area contributed by atoms with Gasteiger partial charge in [0.05, 0.1) is 0 Å². The van der Waals surface area contributed by atoms with E-state index in [-0.39, 0.29) is 35.6 Å². The van der Waals surface area contributed by atoms with Crippen LogP contribution < -0.4 is 0 Å². The molecule has 0 aromatic carbocycles. The van der Waals surface area contributed by atoms with E-state index >= 15 is 0 Å². The van der Waals surface area contributed by atoms with Crippen LogP contribution in [0, 0.1) is 0 Å². The first-order valence-corrected chi connectivity index (χ1v) is 0.926. The Morgan fingerprint density at radius 3 is 1.20 bits per heavy atom. The van der Waals surface area contributed by atoms with E-state index in [4.69, 9.17) is 0 Å². The third kappa shape index (κ3) is 33.8. The van der Waals surface area contributed by atoms with Crippen LogP contribution in [0.1, 0.15) is 0 Å². The molecule has 0 fully saturated rings. The number of halogens is 2. The summed E-state index contributed by atoms with van der Waals surface area (Å²) in [6.45, 7) is 0. The Morgan fingerprint density at radius 1 is 1.20 bits per heavy atom. The minimum absolute atomic E-state index is 0. The van der Waals surface area contributed by atoms with E-state index in [9.17, 15) is 7.77 Å². The van der Waals surface area contributed by atoms with E-state index < -0.39 is 12.5 Å². The van der Waals surface area contributed by atoms with Crippen molar-refractivity contribution >= 4 is 31.4 Å². The van der Waals surface area contributed by atoms with Crippen molar-refractivity contribution in [2.75, 3.05) is 0 Å². The molecule has 0 saturated carbocycles. The molecule has 0 heterocycles. The van der Waals surface area contributed by atoms with E-state index in [0.717, 1.165) is 0 Å². The monoisotopic (exact) mass is 136 g/mol. The predicted molar refractivity (Wildman–Crippen MR) is 15.6 cm³/mol. The maximum Gasteiger partial charge on any atom is 0.255 e. The second kappa shape index (κ2) is 18.5. The Morgan fingerprint density at radius 2 is 1.20 bits per heavy atom. The third-order valence-corrected chi connectivity index (χ3v) is 0. The van der Waals surface area contributed by atoms with E-state index in [1.807, 2.05) is 0 Å². The molecule has 0 N–H and O–H groups in total. The van der Waals surface area contributed by atoms with Crippen molar-refractivity contribution in [1.82, 2.24) is 0 Å². The van der Waals surface area contributed by atoms with E-state index in [1.165, 1.54) is 0 Å². The molecule has 0 aliphatic heterocycles. The summed E-state index contributed by atoms with van der Waals surface area (Å²) in [5, 5.41) is 0. The molecule has 0 bridgehead atoms. The Kier molecular flexibility index (Phi) is 60.0. The number of hydrogen-bond acceptors (Lipinski definition) is 1. The molecule has 2 radical (unpaired) electrons. The average molecular weight is 136 g/mol. The number of rotatable bonds is 0. The molecule has 0 aromatic rings. The Hall–Kier alpha value is 1.31. The van der Waals surface area contributed by atoms with Gasteiger partial charge in [0.1, 0.15) is 0 Å². The molecule has 0 aliphatic carbocycles. The van der Waals surface area contributed by atoms with Crippen molar-refractivity contribution in [2.24, 2.45) is 0 Å². The maximum absolute atomic E-state index is 9.54. The molecule has 0 rings (SSSR count). The van der Waals surface area contributed by atoms with Crippen LogP contribution in [0.3, 0.4) is 0 Å². The molecule has 30 valence electrons. The van der Waals surface area contributed by atoms with Gasteiger partial charge in [0.15, 0.2) is 0 Å². The van der Waals surface area contributed by atoms with Crippen LogP contribution in [0.15, 0.2) is 0 Å². The van der Waals surface area contributed by atoms with Crippen molar-refractivity contribution in [1.29, 1.82) is 0 Å². The Bertz CT molecular complexity index is 9.61. The molecule has 0 saturated heterocycles. The van der Waals surface area contributed by atoms with Crippen molar-refractivity contribution < 1.29 is 24.6 Å². The minimum atomic E-state index is -1.25. The van der Waals surface area contributed by atoms with Gasteiger partial charge in [-0.2, -0.15) is 0 Å². The summed E-state index contributed by atoms with van der Waals surface area (Å²) in [6, 6.07) is 0. The molecule has 5 heavy (non-hydrogen) atoms. The summed E-state index contributed by atoms with van der Waals surface area (Å²) >= 11 is -1.25. The van der Waals surface area contributed by atoms with Crippen molar-refractivity contribution in [3.8, 4) is 0 Å². The first-order valence-electron chi connectivity index (χ1n) is 0.309. The molecular weight excluding hydrogens is 136 g/mol. The van der Waals surface area contributed by atoms with Gasteiger partial charge in [-0.25, -0.2) is 0 Å². The third-order valence-electron chi connectivity index (χ3n) is 0. The van der Waals surface area contributed by atoms with Crippen molar-refractivity contribution in [3.63, 3.8) is 0 Å².